The Morgan fingerprint density at radius 2 is 1.77 bits per heavy atom. The molecule has 3 N–H and O–H groups in total. The van der Waals surface area contributed by atoms with E-state index in [9.17, 15) is 14.0 Å². The Labute approximate surface area is 270 Å². The first kappa shape index (κ1) is 33.2. The van der Waals surface area contributed by atoms with Gasteiger partial charge in [-0.25, -0.2) is 13.8 Å². The first-order valence-electron chi connectivity index (χ1n) is 14.9. The van der Waals surface area contributed by atoms with Crippen molar-refractivity contribution in [3.63, 3.8) is 0 Å². The number of halogens is 2. The van der Waals surface area contributed by atoms with Crippen LogP contribution in [0, 0.1) is 23.5 Å². The van der Waals surface area contributed by atoms with Gasteiger partial charge in [-0.05, 0) is 56.3 Å². The van der Waals surface area contributed by atoms with Crippen molar-refractivity contribution < 1.29 is 23.0 Å². The number of amides is 1. The molecule has 0 aliphatic carbocycles. The summed E-state index contributed by atoms with van der Waals surface area (Å²) < 4.78 is 40.6. The second kappa shape index (κ2) is 14.5. The Morgan fingerprint density at radius 3 is 2.47 bits per heavy atom. The van der Waals surface area contributed by atoms with Gasteiger partial charge < -0.3 is 20.5 Å². The summed E-state index contributed by atoms with van der Waals surface area (Å²) in [6.07, 6.45) is 2.71. The van der Waals surface area contributed by atoms with Crippen LogP contribution in [0.4, 0.5) is 20.3 Å². The van der Waals surface area contributed by atoms with E-state index < -0.39 is 28.6 Å². The molecule has 0 radical (unpaired) electrons. The number of hydrogen-bond acceptors (Lipinski definition) is 9. The summed E-state index contributed by atoms with van der Waals surface area (Å²) >= 11 is 0. The number of piperazine rings is 1. The van der Waals surface area contributed by atoms with E-state index in [4.69, 9.17) is 15.2 Å². The summed E-state index contributed by atoms with van der Waals surface area (Å²) in [5.41, 5.74) is 5.41. The standard InChI is InChI=1S/C34H35F2N7O4/c1-34(2,42-18-16-41(17-19-42)20-21-46-3)13-10-26-29(12-14-38-31(26)37)47-30-9-6-24(22-28(30)36)40-32(44)27-11-15-39-43(33(27)45)25-7-4-23(35)5-8-25/h4-9,11-12,14-15,22H,16-21H2,1-3H3,(H2,37,38)(H,40,44). The zero-order valence-corrected chi connectivity index (χ0v) is 26.3. The van der Waals surface area contributed by atoms with Crippen molar-refractivity contribution in [1.29, 1.82) is 0 Å². The Morgan fingerprint density at radius 1 is 1.02 bits per heavy atom. The van der Waals surface area contributed by atoms with Crippen LogP contribution < -0.4 is 21.3 Å². The minimum atomic E-state index is -0.778. The topological polar surface area (TPSA) is 128 Å². The molecule has 47 heavy (non-hydrogen) atoms. The molecule has 13 heteroatoms. The highest BCUT2D eigenvalue weighted by atomic mass is 19.1. The molecule has 11 nitrogen and oxygen atoms in total. The Balaban J connectivity index is 1.29. The average Bonchev–Trinajstić information content (AvgIpc) is 3.05. The quantitative estimate of drug-likeness (QED) is 0.261. The number of methoxy groups -OCH3 is 1. The average molecular weight is 644 g/mol. The van der Waals surface area contributed by atoms with E-state index in [1.165, 1.54) is 54.9 Å². The molecular weight excluding hydrogens is 608 g/mol. The first-order valence-corrected chi connectivity index (χ1v) is 14.9. The lowest BCUT2D eigenvalue weighted by atomic mass is 10.0. The van der Waals surface area contributed by atoms with Crippen molar-refractivity contribution in [2.45, 2.75) is 19.4 Å². The maximum Gasteiger partial charge on any atom is 0.284 e. The molecule has 1 amide bonds. The van der Waals surface area contributed by atoms with E-state index in [1.807, 2.05) is 13.8 Å². The number of rotatable bonds is 9. The Hall–Kier alpha value is -5.16. The Bertz CT molecular complexity index is 1860. The van der Waals surface area contributed by atoms with Crippen molar-refractivity contribution in [2.75, 3.05) is 57.5 Å². The van der Waals surface area contributed by atoms with Crippen molar-refractivity contribution in [1.82, 2.24) is 24.6 Å². The predicted octanol–water partition coefficient (Wildman–Crippen LogP) is 3.93. The van der Waals surface area contributed by atoms with E-state index in [1.54, 1.807) is 13.2 Å². The van der Waals surface area contributed by atoms with Crippen LogP contribution in [-0.2, 0) is 4.74 Å². The van der Waals surface area contributed by atoms with Gasteiger partial charge in [0, 0.05) is 70.0 Å². The molecule has 5 rings (SSSR count). The minimum absolute atomic E-state index is 0.0859. The predicted molar refractivity (Wildman–Crippen MR) is 174 cm³/mol. The number of nitrogen functional groups attached to an aromatic ring is 1. The number of anilines is 2. The maximum atomic E-state index is 15.3. The second-order valence-electron chi connectivity index (χ2n) is 11.3. The van der Waals surface area contributed by atoms with E-state index in [0.717, 1.165) is 43.5 Å². The molecule has 1 saturated heterocycles. The molecule has 0 saturated carbocycles. The normalized spacial score (nSPS) is 13.9. The molecule has 0 bridgehead atoms. The molecule has 3 heterocycles. The van der Waals surface area contributed by atoms with E-state index >= 15 is 4.39 Å². The molecule has 244 valence electrons. The zero-order chi connectivity index (χ0) is 33.6. The molecule has 0 unspecified atom stereocenters. The van der Waals surface area contributed by atoms with Crippen LogP contribution in [0.1, 0.15) is 29.8 Å². The fourth-order valence-electron chi connectivity index (χ4n) is 5.05. The summed E-state index contributed by atoms with van der Waals surface area (Å²) in [4.78, 5) is 34.7. The minimum Gasteiger partial charge on any atom is -0.453 e. The van der Waals surface area contributed by atoms with Gasteiger partial charge in [0.25, 0.3) is 11.5 Å². The number of carbonyl (C=O) groups excluding carboxylic acids is 1. The molecule has 0 atom stereocenters. The van der Waals surface area contributed by atoms with Crippen molar-refractivity contribution in [3.05, 3.63) is 100 Å². The van der Waals surface area contributed by atoms with Gasteiger partial charge in [-0.2, -0.15) is 9.78 Å². The van der Waals surface area contributed by atoms with Gasteiger partial charge in [-0.3, -0.25) is 19.4 Å². The number of nitrogens with one attached hydrogen (secondary N) is 1. The van der Waals surface area contributed by atoms with Gasteiger partial charge in [0.05, 0.1) is 17.8 Å². The monoisotopic (exact) mass is 643 g/mol. The SMILES string of the molecule is COCCN1CCN(C(C)(C)C#Cc2c(Oc3ccc(NC(=O)c4ccnn(-c5ccc(F)cc5)c4=O)cc3F)ccnc2N)CC1. The summed E-state index contributed by atoms with van der Waals surface area (Å²) in [5.74, 6) is 4.60. The highest BCUT2D eigenvalue weighted by Crippen LogP contribution is 2.31. The van der Waals surface area contributed by atoms with Gasteiger partial charge >= 0.3 is 0 Å². The molecule has 0 spiro atoms. The molecule has 4 aromatic rings. The van der Waals surface area contributed by atoms with Gasteiger partial charge in [-0.1, -0.05) is 11.8 Å². The van der Waals surface area contributed by atoms with Gasteiger partial charge in [0.15, 0.2) is 11.6 Å². The number of pyridine rings is 1. The summed E-state index contributed by atoms with van der Waals surface area (Å²) in [5, 5.41) is 6.48. The maximum absolute atomic E-state index is 15.3. The number of ether oxygens (including phenoxy) is 2. The van der Waals surface area contributed by atoms with Crippen LogP contribution >= 0.6 is 0 Å². The highest BCUT2D eigenvalue weighted by molar-refractivity contribution is 6.04. The third kappa shape index (κ3) is 7.98. The number of nitrogens with two attached hydrogens (primary N) is 1. The van der Waals surface area contributed by atoms with Crippen LogP contribution in [0.25, 0.3) is 5.69 Å². The van der Waals surface area contributed by atoms with Crippen molar-refractivity contribution >= 4 is 17.4 Å². The molecule has 2 aromatic heterocycles. The third-order valence-corrected chi connectivity index (χ3v) is 7.78. The van der Waals surface area contributed by atoms with Gasteiger partial charge in [-0.15, -0.1) is 0 Å². The van der Waals surface area contributed by atoms with Crippen LogP contribution in [0.5, 0.6) is 11.5 Å². The van der Waals surface area contributed by atoms with Crippen LogP contribution in [-0.4, -0.2) is 82.5 Å². The van der Waals surface area contributed by atoms with E-state index in [0.29, 0.717) is 12.2 Å². The zero-order valence-electron chi connectivity index (χ0n) is 26.3. The van der Waals surface area contributed by atoms with E-state index in [2.05, 4.69) is 37.0 Å². The fourth-order valence-corrected chi connectivity index (χ4v) is 5.05. The Kier molecular flexibility index (Phi) is 10.3. The third-order valence-electron chi connectivity index (χ3n) is 7.78. The number of benzene rings is 2. The van der Waals surface area contributed by atoms with E-state index in [-0.39, 0.29) is 34.3 Å². The smallest absolute Gasteiger partial charge is 0.284 e. The first-order chi connectivity index (χ1) is 22.6. The van der Waals surface area contributed by atoms with Crippen molar-refractivity contribution in [2.24, 2.45) is 0 Å². The van der Waals surface area contributed by atoms with Gasteiger partial charge in [0.2, 0.25) is 0 Å². The molecular formula is C34H35F2N7O4. The van der Waals surface area contributed by atoms with Crippen molar-refractivity contribution in [3.8, 4) is 29.0 Å². The summed E-state index contributed by atoms with van der Waals surface area (Å²) in [6.45, 7) is 9.15. The van der Waals surface area contributed by atoms with Crippen LogP contribution in [0.15, 0.2) is 71.8 Å². The molecule has 1 aliphatic heterocycles. The number of nitrogens with zero attached hydrogens (tertiary/aromatic N) is 5. The number of aromatic nitrogens is 3. The lowest BCUT2D eigenvalue weighted by molar-refractivity contribution is 0.0638. The van der Waals surface area contributed by atoms with Gasteiger partial charge in [0.1, 0.15) is 28.5 Å². The van der Waals surface area contributed by atoms with Crippen LogP contribution in [0.3, 0.4) is 0 Å². The largest absolute Gasteiger partial charge is 0.453 e. The molecule has 1 aliphatic rings. The summed E-state index contributed by atoms with van der Waals surface area (Å²) in [6, 6.07) is 11.7. The lowest BCUT2D eigenvalue weighted by Crippen LogP contribution is -2.54. The van der Waals surface area contributed by atoms with Crippen LogP contribution in [0.2, 0.25) is 0 Å². The fraction of sp³-hybridized carbons (Fsp3) is 0.294. The molecule has 1 fully saturated rings. The number of hydrogen-bond donors (Lipinski definition) is 2. The summed E-state index contributed by atoms with van der Waals surface area (Å²) in [7, 11) is 1.70. The molecule has 2 aromatic carbocycles. The highest BCUT2D eigenvalue weighted by Gasteiger charge is 2.28. The lowest BCUT2D eigenvalue weighted by Gasteiger charge is -2.41. The second-order valence-corrected chi connectivity index (χ2v) is 11.3. The number of carbonyl (C=O) groups is 1.